The number of aromatic amines is 1. The summed E-state index contributed by atoms with van der Waals surface area (Å²) in [4.78, 5) is 17.8. The Labute approximate surface area is 175 Å². The van der Waals surface area contributed by atoms with E-state index in [1.807, 2.05) is 61.5 Å². The zero-order valence-corrected chi connectivity index (χ0v) is 18.2. The molecule has 156 valence electrons. The largest absolute Gasteiger partial charge is 0.341 e. The highest BCUT2D eigenvalue weighted by atomic mass is 16.2. The van der Waals surface area contributed by atoms with Crippen molar-refractivity contribution in [3.8, 4) is 11.3 Å². The van der Waals surface area contributed by atoms with Gasteiger partial charge in [-0.25, -0.2) is 4.98 Å². The van der Waals surface area contributed by atoms with Crippen LogP contribution in [-0.2, 0) is 14.1 Å². The Balaban J connectivity index is 1.63. The SMILES string of the molecule is Cc1nn(C)c(C)c1-c1cc(C(=O)N[C@@H](c2nc3ccccc3n2C)C(C)C)[nH]n1. The molecule has 3 aromatic heterocycles. The van der Waals surface area contributed by atoms with Crippen LogP contribution in [0.5, 0.6) is 0 Å². The second-order valence-corrected chi connectivity index (χ2v) is 8.05. The van der Waals surface area contributed by atoms with Gasteiger partial charge >= 0.3 is 0 Å². The van der Waals surface area contributed by atoms with Crippen molar-refractivity contribution < 1.29 is 4.79 Å². The summed E-state index contributed by atoms with van der Waals surface area (Å²) in [5.74, 6) is 0.784. The maximum atomic E-state index is 13.0. The van der Waals surface area contributed by atoms with Gasteiger partial charge in [-0.2, -0.15) is 10.2 Å². The topological polar surface area (TPSA) is 93.4 Å². The van der Waals surface area contributed by atoms with Crippen LogP contribution in [0.25, 0.3) is 22.3 Å². The second kappa shape index (κ2) is 7.44. The first kappa shape index (κ1) is 19.9. The van der Waals surface area contributed by atoms with Crippen LogP contribution in [0.15, 0.2) is 30.3 Å². The number of nitrogens with one attached hydrogen (secondary N) is 2. The number of amides is 1. The Kier molecular flexibility index (Phi) is 4.93. The molecular weight excluding hydrogens is 378 g/mol. The Morgan fingerprint density at radius 1 is 1.17 bits per heavy atom. The van der Waals surface area contributed by atoms with Crippen LogP contribution in [-0.4, -0.2) is 35.4 Å². The number of aryl methyl sites for hydroxylation is 3. The first-order chi connectivity index (χ1) is 14.3. The Hall–Kier alpha value is -3.42. The molecule has 1 atom stereocenters. The van der Waals surface area contributed by atoms with E-state index in [1.165, 1.54) is 0 Å². The van der Waals surface area contributed by atoms with Crippen molar-refractivity contribution >= 4 is 16.9 Å². The van der Waals surface area contributed by atoms with E-state index in [0.717, 1.165) is 33.8 Å². The summed E-state index contributed by atoms with van der Waals surface area (Å²) >= 11 is 0. The molecule has 8 heteroatoms. The third-order valence-corrected chi connectivity index (χ3v) is 5.64. The number of nitrogens with zero attached hydrogens (tertiary/aromatic N) is 5. The zero-order valence-electron chi connectivity index (χ0n) is 18.2. The first-order valence-electron chi connectivity index (χ1n) is 10.1. The van der Waals surface area contributed by atoms with Crippen LogP contribution in [0.4, 0.5) is 0 Å². The van der Waals surface area contributed by atoms with Gasteiger partial charge in [-0.3, -0.25) is 14.6 Å². The third-order valence-electron chi connectivity index (χ3n) is 5.64. The van der Waals surface area contributed by atoms with Crippen molar-refractivity contribution in [2.24, 2.45) is 20.0 Å². The van der Waals surface area contributed by atoms with Crippen LogP contribution < -0.4 is 5.32 Å². The molecule has 0 aliphatic rings. The number of benzene rings is 1. The zero-order chi connectivity index (χ0) is 21.6. The maximum Gasteiger partial charge on any atom is 0.269 e. The van der Waals surface area contributed by atoms with Gasteiger partial charge in [0.2, 0.25) is 0 Å². The molecule has 0 aliphatic heterocycles. The lowest BCUT2D eigenvalue weighted by Gasteiger charge is -2.21. The normalized spacial score (nSPS) is 12.6. The van der Waals surface area contributed by atoms with Crippen LogP contribution in [0.1, 0.15) is 47.6 Å². The van der Waals surface area contributed by atoms with Crippen molar-refractivity contribution in [1.82, 2.24) is 34.8 Å². The molecule has 3 heterocycles. The van der Waals surface area contributed by atoms with E-state index >= 15 is 0 Å². The lowest BCUT2D eigenvalue weighted by atomic mass is 10.0. The molecular formula is C22H27N7O. The number of rotatable bonds is 5. The second-order valence-electron chi connectivity index (χ2n) is 8.05. The van der Waals surface area contributed by atoms with Gasteiger partial charge in [-0.05, 0) is 38.0 Å². The summed E-state index contributed by atoms with van der Waals surface area (Å²) in [6.45, 7) is 8.08. The number of fused-ring (bicyclic) bond motifs is 1. The molecule has 0 bridgehead atoms. The van der Waals surface area contributed by atoms with E-state index in [0.29, 0.717) is 11.4 Å². The highest BCUT2D eigenvalue weighted by Gasteiger charge is 2.25. The van der Waals surface area contributed by atoms with Crippen molar-refractivity contribution in [3.63, 3.8) is 0 Å². The van der Waals surface area contributed by atoms with E-state index in [1.54, 1.807) is 6.07 Å². The number of carbonyl (C=O) groups excluding carboxylic acids is 1. The van der Waals surface area contributed by atoms with Gasteiger partial charge in [-0.15, -0.1) is 0 Å². The van der Waals surface area contributed by atoms with Gasteiger partial charge in [-0.1, -0.05) is 26.0 Å². The number of hydrogen-bond acceptors (Lipinski definition) is 4. The average molecular weight is 406 g/mol. The molecule has 30 heavy (non-hydrogen) atoms. The Morgan fingerprint density at radius 3 is 2.53 bits per heavy atom. The quantitative estimate of drug-likeness (QED) is 0.532. The molecule has 4 rings (SSSR count). The minimum atomic E-state index is -0.233. The smallest absolute Gasteiger partial charge is 0.269 e. The summed E-state index contributed by atoms with van der Waals surface area (Å²) < 4.78 is 3.86. The number of H-pyrrole nitrogens is 1. The lowest BCUT2D eigenvalue weighted by molar-refractivity contribution is 0.0917. The van der Waals surface area contributed by atoms with E-state index in [4.69, 9.17) is 4.98 Å². The fourth-order valence-electron chi connectivity index (χ4n) is 3.90. The highest BCUT2D eigenvalue weighted by molar-refractivity contribution is 5.93. The summed E-state index contributed by atoms with van der Waals surface area (Å²) in [5.41, 5.74) is 5.92. The average Bonchev–Trinajstić information content (AvgIpc) is 3.37. The molecule has 4 aromatic rings. The van der Waals surface area contributed by atoms with Crippen LogP contribution >= 0.6 is 0 Å². The number of carbonyl (C=O) groups is 1. The standard InChI is InChI=1S/C22H27N7O/c1-12(2)20(21-23-15-9-7-8-10-18(15)28(21)5)24-22(30)17-11-16(25-26-17)19-13(3)27-29(6)14(19)4/h7-12,20H,1-6H3,(H,24,30)(H,25,26)/t20-/m1/s1. The van der Waals surface area contributed by atoms with Gasteiger partial charge in [0.15, 0.2) is 0 Å². The van der Waals surface area contributed by atoms with Gasteiger partial charge in [0.05, 0.1) is 28.5 Å². The van der Waals surface area contributed by atoms with Crippen molar-refractivity contribution in [2.45, 2.75) is 33.7 Å². The Morgan fingerprint density at radius 2 is 1.90 bits per heavy atom. The Bertz CT molecular complexity index is 1230. The molecule has 0 saturated heterocycles. The fourth-order valence-corrected chi connectivity index (χ4v) is 3.90. The van der Waals surface area contributed by atoms with Crippen LogP contribution in [0.3, 0.4) is 0 Å². The minimum absolute atomic E-state index is 0.162. The number of imidazole rings is 1. The molecule has 0 aliphatic carbocycles. The monoisotopic (exact) mass is 405 g/mol. The summed E-state index contributed by atoms with van der Waals surface area (Å²) in [6.07, 6.45) is 0. The molecule has 2 N–H and O–H groups in total. The van der Waals surface area contributed by atoms with Crippen molar-refractivity contribution in [3.05, 3.63) is 53.2 Å². The van der Waals surface area contributed by atoms with Gasteiger partial charge in [0.25, 0.3) is 5.91 Å². The van der Waals surface area contributed by atoms with Gasteiger partial charge in [0.1, 0.15) is 11.5 Å². The summed E-state index contributed by atoms with van der Waals surface area (Å²) in [5, 5.41) is 14.8. The third kappa shape index (κ3) is 3.28. The van der Waals surface area contributed by atoms with E-state index in [2.05, 4.69) is 34.5 Å². The summed E-state index contributed by atoms with van der Waals surface area (Å²) in [6, 6.07) is 9.52. The number of aromatic nitrogens is 6. The van der Waals surface area contributed by atoms with E-state index < -0.39 is 0 Å². The molecule has 1 amide bonds. The van der Waals surface area contributed by atoms with Crippen LogP contribution in [0, 0.1) is 19.8 Å². The minimum Gasteiger partial charge on any atom is -0.341 e. The van der Waals surface area contributed by atoms with E-state index in [9.17, 15) is 4.79 Å². The molecule has 0 unspecified atom stereocenters. The van der Waals surface area contributed by atoms with Crippen molar-refractivity contribution in [1.29, 1.82) is 0 Å². The maximum absolute atomic E-state index is 13.0. The number of hydrogen-bond donors (Lipinski definition) is 2. The predicted octanol–water partition coefficient (Wildman–Crippen LogP) is 3.44. The molecule has 1 aromatic carbocycles. The first-order valence-corrected chi connectivity index (χ1v) is 10.1. The molecule has 0 radical (unpaired) electrons. The highest BCUT2D eigenvalue weighted by Crippen LogP contribution is 2.27. The molecule has 0 fully saturated rings. The fraction of sp³-hybridized carbons (Fsp3) is 0.364. The van der Waals surface area contributed by atoms with Crippen molar-refractivity contribution in [2.75, 3.05) is 0 Å². The van der Waals surface area contributed by atoms with Gasteiger partial charge in [0, 0.05) is 25.4 Å². The predicted molar refractivity (Wildman–Crippen MR) is 116 cm³/mol. The number of para-hydroxylation sites is 2. The molecule has 8 nitrogen and oxygen atoms in total. The lowest BCUT2D eigenvalue weighted by Crippen LogP contribution is -2.33. The van der Waals surface area contributed by atoms with Crippen LogP contribution in [0.2, 0.25) is 0 Å². The molecule has 0 spiro atoms. The van der Waals surface area contributed by atoms with Gasteiger partial charge < -0.3 is 9.88 Å². The molecule has 0 saturated carbocycles. The summed E-state index contributed by atoms with van der Waals surface area (Å²) in [7, 11) is 3.88. The van der Waals surface area contributed by atoms with E-state index in [-0.39, 0.29) is 17.9 Å².